The lowest BCUT2D eigenvalue weighted by Crippen LogP contribution is -2.24. The molecule has 0 aliphatic carbocycles. The fraction of sp³-hybridized carbons (Fsp3) is 0.875. The van der Waals surface area contributed by atoms with Gasteiger partial charge in [0, 0.05) is 4.91 Å². The summed E-state index contributed by atoms with van der Waals surface area (Å²) in [6.07, 6.45) is -0.230. The van der Waals surface area contributed by atoms with Gasteiger partial charge in [-0.2, -0.15) is 5.26 Å². The van der Waals surface area contributed by atoms with E-state index in [2.05, 4.69) is 10.0 Å². The van der Waals surface area contributed by atoms with Crippen LogP contribution in [0.25, 0.3) is 10.4 Å². The molecule has 0 aromatic carbocycles. The summed E-state index contributed by atoms with van der Waals surface area (Å²) in [4.78, 5) is 2.65. The van der Waals surface area contributed by atoms with Gasteiger partial charge < -0.3 is 5.11 Å². The molecular formula is C8H14N4O. The Morgan fingerprint density at radius 3 is 2.62 bits per heavy atom. The van der Waals surface area contributed by atoms with Crippen molar-refractivity contribution in [2.75, 3.05) is 0 Å². The summed E-state index contributed by atoms with van der Waals surface area (Å²) in [6.45, 7) is 3.94. The minimum atomic E-state index is -0.844. The van der Waals surface area contributed by atoms with Crippen molar-refractivity contribution in [2.24, 2.45) is 11.0 Å². The molecule has 1 N–H and O–H groups in total. The van der Waals surface area contributed by atoms with Crippen molar-refractivity contribution >= 4 is 0 Å². The molecule has 5 heteroatoms. The molecule has 0 saturated carbocycles. The van der Waals surface area contributed by atoms with E-state index in [0.29, 0.717) is 12.3 Å². The Kier molecular flexibility index (Phi) is 5.69. The van der Waals surface area contributed by atoms with Crippen LogP contribution in [0.15, 0.2) is 5.11 Å². The van der Waals surface area contributed by atoms with Gasteiger partial charge in [0.15, 0.2) is 0 Å². The molecule has 0 bridgehead atoms. The van der Waals surface area contributed by atoms with Crippen LogP contribution < -0.4 is 0 Å². The third kappa shape index (κ3) is 5.07. The lowest BCUT2D eigenvalue weighted by atomic mass is 9.98. The molecule has 0 saturated heterocycles. The van der Waals surface area contributed by atoms with Gasteiger partial charge in [0.25, 0.3) is 0 Å². The van der Waals surface area contributed by atoms with Crippen molar-refractivity contribution in [3.05, 3.63) is 10.4 Å². The summed E-state index contributed by atoms with van der Waals surface area (Å²) in [6, 6.07) is 1.36. The molecule has 0 rings (SSSR count). The minimum Gasteiger partial charge on any atom is -0.392 e. The van der Waals surface area contributed by atoms with Gasteiger partial charge in [-0.15, -0.1) is 0 Å². The number of nitriles is 1. The first-order chi connectivity index (χ1) is 6.11. The van der Waals surface area contributed by atoms with E-state index in [9.17, 15) is 5.11 Å². The normalized spacial score (nSPS) is 14.4. The lowest BCUT2D eigenvalue weighted by Gasteiger charge is -2.17. The van der Waals surface area contributed by atoms with E-state index in [1.165, 1.54) is 0 Å². The monoisotopic (exact) mass is 182 g/mol. The van der Waals surface area contributed by atoms with Crippen LogP contribution in [0.5, 0.6) is 0 Å². The van der Waals surface area contributed by atoms with E-state index < -0.39 is 12.1 Å². The number of rotatable bonds is 5. The molecule has 13 heavy (non-hydrogen) atoms. The van der Waals surface area contributed by atoms with Crippen LogP contribution in [0.3, 0.4) is 0 Å². The summed E-state index contributed by atoms with van der Waals surface area (Å²) >= 11 is 0. The van der Waals surface area contributed by atoms with Crippen LogP contribution >= 0.6 is 0 Å². The average Bonchev–Trinajstić information content (AvgIpc) is 2.03. The van der Waals surface area contributed by atoms with Gasteiger partial charge in [-0.3, -0.25) is 0 Å². The second-order valence-electron chi connectivity index (χ2n) is 3.33. The average molecular weight is 182 g/mol. The number of hydrogen-bond acceptors (Lipinski definition) is 3. The molecule has 0 aromatic rings. The Balaban J connectivity index is 4.24. The van der Waals surface area contributed by atoms with Gasteiger partial charge in [0.1, 0.15) is 0 Å². The first-order valence-electron chi connectivity index (χ1n) is 4.21. The molecule has 0 heterocycles. The topological polar surface area (TPSA) is 92.8 Å². The van der Waals surface area contributed by atoms with Crippen LogP contribution in [0.2, 0.25) is 0 Å². The van der Waals surface area contributed by atoms with Crippen LogP contribution in [0, 0.1) is 17.2 Å². The van der Waals surface area contributed by atoms with E-state index >= 15 is 0 Å². The molecule has 0 aromatic heterocycles. The van der Waals surface area contributed by atoms with Crippen LogP contribution in [-0.2, 0) is 0 Å². The molecule has 0 unspecified atom stereocenters. The van der Waals surface area contributed by atoms with Crippen molar-refractivity contribution in [3.8, 4) is 6.07 Å². The zero-order valence-electron chi connectivity index (χ0n) is 7.88. The van der Waals surface area contributed by atoms with Gasteiger partial charge >= 0.3 is 0 Å². The van der Waals surface area contributed by atoms with Crippen molar-refractivity contribution < 1.29 is 5.11 Å². The van der Waals surface area contributed by atoms with Crippen LogP contribution in [0.4, 0.5) is 0 Å². The van der Waals surface area contributed by atoms with Crippen LogP contribution in [0.1, 0.15) is 26.7 Å². The summed E-state index contributed by atoms with van der Waals surface area (Å²) in [5.41, 5.74) is 8.23. The molecule has 72 valence electrons. The zero-order valence-corrected chi connectivity index (χ0v) is 7.88. The van der Waals surface area contributed by atoms with E-state index in [1.54, 1.807) is 0 Å². The van der Waals surface area contributed by atoms with Gasteiger partial charge in [-0.05, 0) is 17.9 Å². The Morgan fingerprint density at radius 2 is 2.23 bits per heavy atom. The van der Waals surface area contributed by atoms with E-state index in [0.717, 1.165) is 0 Å². The Morgan fingerprint density at radius 1 is 1.62 bits per heavy atom. The highest BCUT2D eigenvalue weighted by molar-refractivity contribution is 4.85. The maximum absolute atomic E-state index is 9.40. The molecule has 2 atom stereocenters. The third-order valence-corrected chi connectivity index (χ3v) is 1.66. The number of nitrogens with zero attached hydrogens (tertiary/aromatic N) is 4. The summed E-state index contributed by atoms with van der Waals surface area (Å²) in [7, 11) is 0. The molecule has 0 spiro atoms. The molecule has 0 aliphatic heterocycles. The standard InChI is InChI=1S/C8H14N4O/c1-6(2)5-7(11-12-10)8(13)3-4-9/h6-8,13H,3,5H2,1-2H3/t7-,8-/m1/s1. The Hall–Kier alpha value is -1.24. The van der Waals surface area contributed by atoms with Gasteiger partial charge in [-0.1, -0.05) is 19.0 Å². The predicted octanol–water partition coefficient (Wildman–Crippen LogP) is 1.99. The summed E-state index contributed by atoms with van der Waals surface area (Å²) < 4.78 is 0. The quantitative estimate of drug-likeness (QED) is 0.400. The number of aliphatic hydroxyl groups excluding tert-OH is 1. The molecule has 0 amide bonds. The first-order valence-corrected chi connectivity index (χ1v) is 4.21. The van der Waals surface area contributed by atoms with Crippen molar-refractivity contribution in [3.63, 3.8) is 0 Å². The highest BCUT2D eigenvalue weighted by atomic mass is 16.3. The van der Waals surface area contributed by atoms with E-state index in [4.69, 9.17) is 10.8 Å². The SMILES string of the molecule is CC(C)C[C@@H](N=[N+]=[N-])[C@H](O)CC#N. The van der Waals surface area contributed by atoms with Crippen molar-refractivity contribution in [1.82, 2.24) is 0 Å². The molecule has 0 radical (unpaired) electrons. The molecule has 5 nitrogen and oxygen atoms in total. The van der Waals surface area contributed by atoms with Crippen molar-refractivity contribution in [2.45, 2.75) is 38.8 Å². The third-order valence-electron chi connectivity index (χ3n) is 1.66. The van der Waals surface area contributed by atoms with Gasteiger partial charge in [-0.25, -0.2) is 0 Å². The lowest BCUT2D eigenvalue weighted by molar-refractivity contribution is 0.139. The highest BCUT2D eigenvalue weighted by Crippen LogP contribution is 2.14. The number of aliphatic hydroxyl groups is 1. The minimum absolute atomic E-state index is 0.0103. The first kappa shape index (κ1) is 11.8. The molecular weight excluding hydrogens is 168 g/mol. The van der Waals surface area contributed by atoms with Gasteiger partial charge in [0.2, 0.25) is 0 Å². The van der Waals surface area contributed by atoms with Gasteiger partial charge in [0.05, 0.1) is 24.6 Å². The number of hydrogen-bond donors (Lipinski definition) is 1. The Bertz CT molecular complexity index is 227. The fourth-order valence-corrected chi connectivity index (χ4v) is 1.06. The van der Waals surface area contributed by atoms with Crippen molar-refractivity contribution in [1.29, 1.82) is 5.26 Å². The maximum Gasteiger partial charge on any atom is 0.0754 e. The van der Waals surface area contributed by atoms with E-state index in [-0.39, 0.29) is 6.42 Å². The molecule has 0 fully saturated rings. The zero-order chi connectivity index (χ0) is 10.3. The van der Waals surface area contributed by atoms with Crippen LogP contribution in [-0.4, -0.2) is 17.3 Å². The Labute approximate surface area is 77.6 Å². The molecule has 0 aliphatic rings. The maximum atomic E-state index is 9.40. The summed E-state index contributed by atoms with van der Waals surface area (Å²) in [5, 5.41) is 21.2. The summed E-state index contributed by atoms with van der Waals surface area (Å²) in [5.74, 6) is 0.337. The second kappa shape index (κ2) is 6.30. The number of azide groups is 1. The fourth-order valence-electron chi connectivity index (χ4n) is 1.06. The predicted molar refractivity (Wildman–Crippen MR) is 48.6 cm³/mol. The highest BCUT2D eigenvalue weighted by Gasteiger charge is 2.18. The largest absolute Gasteiger partial charge is 0.392 e. The second-order valence-corrected chi connectivity index (χ2v) is 3.33. The smallest absolute Gasteiger partial charge is 0.0754 e. The van der Waals surface area contributed by atoms with E-state index in [1.807, 2.05) is 19.9 Å².